The van der Waals surface area contributed by atoms with Gasteiger partial charge in [0.1, 0.15) is 5.60 Å². The van der Waals surface area contributed by atoms with Crippen molar-refractivity contribution in [1.82, 2.24) is 19.7 Å². The van der Waals surface area contributed by atoms with Gasteiger partial charge in [0.05, 0.1) is 23.4 Å². The molecular formula is C21H30N4O3. The van der Waals surface area contributed by atoms with Crippen molar-refractivity contribution in [3.05, 3.63) is 23.5 Å². The number of aryl methyl sites for hydroxylation is 1. The molecule has 0 aromatic carbocycles. The smallest absolute Gasteiger partial charge is 0.311 e. The molecule has 1 atom stereocenters. The molecule has 2 aromatic rings. The minimum atomic E-state index is -0.522. The summed E-state index contributed by atoms with van der Waals surface area (Å²) in [5.41, 5.74) is 1.51. The Bertz CT molecular complexity index is 895. The topological polar surface area (TPSA) is 77.3 Å². The first-order valence-electron chi connectivity index (χ1n) is 9.94. The molecular weight excluding hydrogens is 356 g/mol. The number of piperidine rings is 1. The SMILES string of the molecule is Cc1nc2c(cnn2C(C)C)cc1C(=O)N1CCCC(C(=O)OC(C)(C)C)C1. The van der Waals surface area contributed by atoms with Crippen molar-refractivity contribution in [2.24, 2.45) is 5.92 Å². The standard InChI is InChI=1S/C21H30N4O3/c1-13(2)25-18-16(11-22-25)10-17(14(3)23-18)19(26)24-9-7-8-15(12-24)20(27)28-21(4,5)6/h10-11,13,15H,7-9,12H2,1-6H3. The van der Waals surface area contributed by atoms with Crippen molar-refractivity contribution < 1.29 is 14.3 Å². The van der Waals surface area contributed by atoms with Crippen LogP contribution in [0.25, 0.3) is 11.0 Å². The number of ether oxygens (including phenoxy) is 1. The Morgan fingerprint density at radius 3 is 2.64 bits per heavy atom. The van der Waals surface area contributed by atoms with Gasteiger partial charge in [-0.1, -0.05) is 0 Å². The number of hydrogen-bond donors (Lipinski definition) is 0. The molecule has 0 spiro atoms. The number of hydrogen-bond acceptors (Lipinski definition) is 5. The Labute approximate surface area is 166 Å². The molecule has 0 radical (unpaired) electrons. The molecule has 1 aliphatic heterocycles. The number of carbonyl (C=O) groups is 2. The molecule has 7 nitrogen and oxygen atoms in total. The second-order valence-electron chi connectivity index (χ2n) is 8.84. The van der Waals surface area contributed by atoms with Crippen molar-refractivity contribution in [3.63, 3.8) is 0 Å². The molecule has 3 heterocycles. The summed E-state index contributed by atoms with van der Waals surface area (Å²) in [4.78, 5) is 32.0. The first-order valence-corrected chi connectivity index (χ1v) is 9.94. The van der Waals surface area contributed by atoms with Gasteiger partial charge in [0.2, 0.25) is 0 Å². The lowest BCUT2D eigenvalue weighted by Crippen LogP contribution is -2.44. The van der Waals surface area contributed by atoms with Gasteiger partial charge in [-0.05, 0) is 60.5 Å². The van der Waals surface area contributed by atoms with Crippen LogP contribution in [0.5, 0.6) is 0 Å². The molecule has 0 bridgehead atoms. The van der Waals surface area contributed by atoms with E-state index in [2.05, 4.69) is 10.1 Å². The fourth-order valence-corrected chi connectivity index (χ4v) is 3.57. The van der Waals surface area contributed by atoms with Crippen molar-refractivity contribution in [2.45, 2.75) is 66.0 Å². The summed E-state index contributed by atoms with van der Waals surface area (Å²) in [6.07, 6.45) is 3.28. The van der Waals surface area contributed by atoms with Gasteiger partial charge in [0.25, 0.3) is 5.91 Å². The lowest BCUT2D eigenvalue weighted by molar-refractivity contribution is -0.161. The summed E-state index contributed by atoms with van der Waals surface area (Å²) in [5, 5.41) is 5.24. The molecule has 1 fully saturated rings. The van der Waals surface area contributed by atoms with Gasteiger partial charge >= 0.3 is 5.97 Å². The van der Waals surface area contributed by atoms with Crippen LogP contribution in [0.3, 0.4) is 0 Å². The van der Waals surface area contributed by atoms with E-state index in [-0.39, 0.29) is 23.8 Å². The number of fused-ring (bicyclic) bond motifs is 1. The van der Waals surface area contributed by atoms with E-state index >= 15 is 0 Å². The Morgan fingerprint density at radius 2 is 2.00 bits per heavy atom. The summed E-state index contributed by atoms with van der Waals surface area (Å²) >= 11 is 0. The molecule has 2 aromatic heterocycles. The number of aromatic nitrogens is 3. The van der Waals surface area contributed by atoms with Crippen LogP contribution in [0.15, 0.2) is 12.3 Å². The number of nitrogens with zero attached hydrogens (tertiary/aromatic N) is 4. The molecule has 7 heteroatoms. The van der Waals surface area contributed by atoms with Gasteiger partial charge < -0.3 is 9.64 Å². The zero-order chi connectivity index (χ0) is 20.6. The second kappa shape index (κ2) is 7.53. The summed E-state index contributed by atoms with van der Waals surface area (Å²) in [7, 11) is 0. The van der Waals surface area contributed by atoms with Crippen molar-refractivity contribution in [2.75, 3.05) is 13.1 Å². The van der Waals surface area contributed by atoms with Crippen LogP contribution in [-0.2, 0) is 9.53 Å². The molecule has 28 heavy (non-hydrogen) atoms. The van der Waals surface area contributed by atoms with Crippen LogP contribution in [0.2, 0.25) is 0 Å². The van der Waals surface area contributed by atoms with Gasteiger partial charge in [-0.2, -0.15) is 5.10 Å². The first kappa shape index (κ1) is 20.3. The van der Waals surface area contributed by atoms with E-state index in [0.29, 0.717) is 24.3 Å². The zero-order valence-corrected chi connectivity index (χ0v) is 17.7. The van der Waals surface area contributed by atoms with E-state index in [1.807, 2.05) is 52.3 Å². The average molecular weight is 386 g/mol. The predicted octanol–water partition coefficient (Wildman–Crippen LogP) is 3.51. The van der Waals surface area contributed by atoms with E-state index < -0.39 is 5.60 Å². The van der Waals surface area contributed by atoms with Crippen molar-refractivity contribution in [3.8, 4) is 0 Å². The molecule has 0 aliphatic carbocycles. The summed E-state index contributed by atoms with van der Waals surface area (Å²) < 4.78 is 7.37. The maximum Gasteiger partial charge on any atom is 0.311 e. The molecule has 1 amide bonds. The Morgan fingerprint density at radius 1 is 1.29 bits per heavy atom. The number of rotatable bonds is 3. The zero-order valence-electron chi connectivity index (χ0n) is 17.7. The van der Waals surface area contributed by atoms with Gasteiger partial charge in [-0.15, -0.1) is 0 Å². The highest BCUT2D eigenvalue weighted by molar-refractivity contribution is 5.98. The second-order valence-corrected chi connectivity index (χ2v) is 8.84. The maximum atomic E-state index is 13.2. The van der Waals surface area contributed by atoms with Crippen LogP contribution in [0, 0.1) is 12.8 Å². The highest BCUT2D eigenvalue weighted by atomic mass is 16.6. The Balaban J connectivity index is 1.81. The molecule has 3 rings (SSSR count). The van der Waals surface area contributed by atoms with Crippen LogP contribution in [0.4, 0.5) is 0 Å². The maximum absolute atomic E-state index is 13.2. The predicted molar refractivity (Wildman–Crippen MR) is 107 cm³/mol. The number of amides is 1. The lowest BCUT2D eigenvalue weighted by Gasteiger charge is -2.33. The molecule has 1 unspecified atom stereocenters. The quantitative estimate of drug-likeness (QED) is 0.755. The van der Waals surface area contributed by atoms with Crippen LogP contribution in [-0.4, -0.2) is 50.2 Å². The third kappa shape index (κ3) is 4.18. The Kier molecular flexibility index (Phi) is 5.46. The van der Waals surface area contributed by atoms with Gasteiger partial charge in [-0.3, -0.25) is 9.59 Å². The summed E-state index contributed by atoms with van der Waals surface area (Å²) in [6, 6.07) is 2.06. The first-order chi connectivity index (χ1) is 13.1. The van der Waals surface area contributed by atoms with Gasteiger partial charge in [-0.25, -0.2) is 9.67 Å². The minimum Gasteiger partial charge on any atom is -0.460 e. The average Bonchev–Trinajstić information content (AvgIpc) is 3.02. The summed E-state index contributed by atoms with van der Waals surface area (Å²) in [6.45, 7) is 12.5. The number of pyridine rings is 1. The van der Waals surface area contributed by atoms with Crippen LogP contribution in [0.1, 0.15) is 69.6 Å². The van der Waals surface area contributed by atoms with Crippen LogP contribution < -0.4 is 0 Å². The Hall–Kier alpha value is -2.44. The van der Waals surface area contributed by atoms with E-state index in [4.69, 9.17) is 4.74 Å². The largest absolute Gasteiger partial charge is 0.460 e. The van der Waals surface area contributed by atoms with Crippen molar-refractivity contribution in [1.29, 1.82) is 0 Å². The number of likely N-dealkylation sites (tertiary alicyclic amines) is 1. The number of esters is 1. The van der Waals surface area contributed by atoms with E-state index in [1.54, 1.807) is 11.1 Å². The highest BCUT2D eigenvalue weighted by Gasteiger charge is 2.32. The fourth-order valence-electron chi connectivity index (χ4n) is 3.57. The van der Waals surface area contributed by atoms with Gasteiger partial charge in [0.15, 0.2) is 5.65 Å². The minimum absolute atomic E-state index is 0.0857. The third-order valence-corrected chi connectivity index (χ3v) is 4.93. The van der Waals surface area contributed by atoms with E-state index in [1.165, 1.54) is 0 Å². The van der Waals surface area contributed by atoms with E-state index in [9.17, 15) is 9.59 Å². The normalized spacial score (nSPS) is 18.0. The van der Waals surface area contributed by atoms with Crippen LogP contribution >= 0.6 is 0 Å². The molecule has 1 aliphatic rings. The monoisotopic (exact) mass is 386 g/mol. The molecule has 152 valence electrons. The molecule has 1 saturated heterocycles. The van der Waals surface area contributed by atoms with E-state index in [0.717, 1.165) is 23.9 Å². The molecule has 0 saturated carbocycles. The van der Waals surface area contributed by atoms with Gasteiger partial charge in [0, 0.05) is 24.5 Å². The molecule has 0 N–H and O–H groups in total. The lowest BCUT2D eigenvalue weighted by atomic mass is 9.97. The number of carbonyl (C=O) groups excluding carboxylic acids is 2. The third-order valence-electron chi connectivity index (χ3n) is 4.93. The highest BCUT2D eigenvalue weighted by Crippen LogP contribution is 2.25. The fraction of sp³-hybridized carbons (Fsp3) is 0.619. The van der Waals surface area contributed by atoms with Crippen molar-refractivity contribution >= 4 is 22.9 Å². The summed E-state index contributed by atoms with van der Waals surface area (Å²) in [5.74, 6) is -0.594.